The summed E-state index contributed by atoms with van der Waals surface area (Å²) < 4.78 is 0. The quantitative estimate of drug-likeness (QED) is 0.440. The molecule has 0 atom stereocenters. The number of carbonyl (C=O) groups excluding carboxylic acids is 1. The van der Waals surface area contributed by atoms with Gasteiger partial charge in [0.1, 0.15) is 22.8 Å². The Morgan fingerprint density at radius 1 is 0.933 bits per heavy atom. The Kier molecular flexibility index (Phi) is 5.02. The number of rotatable bonds is 5. The SMILES string of the molecule is CCCC(=O)c1c(O)c(C)c(O)c(C2=C(c3cc(C)c4ccccc4c3)CC2)c1O. The third kappa shape index (κ3) is 3.04. The molecule has 0 fully saturated rings. The highest BCUT2D eigenvalue weighted by Crippen LogP contribution is 2.52. The number of aromatic hydroxyl groups is 3. The van der Waals surface area contributed by atoms with Gasteiger partial charge in [0.25, 0.3) is 0 Å². The molecule has 3 N–H and O–H groups in total. The Balaban J connectivity index is 1.93. The van der Waals surface area contributed by atoms with Crippen LogP contribution in [-0.2, 0) is 0 Å². The van der Waals surface area contributed by atoms with Crippen LogP contribution in [-0.4, -0.2) is 21.1 Å². The standard InChI is InChI=1S/C26H26O4/c1-4-7-21(27)23-25(29)15(3)24(28)22(26(23)30)20-11-10-19(20)17-12-14(2)18-9-6-5-8-16(18)13-17/h5-6,8-9,12-13,28-30H,4,7,10-11H2,1-3H3. The molecule has 154 valence electrons. The summed E-state index contributed by atoms with van der Waals surface area (Å²) in [6, 6.07) is 12.5. The van der Waals surface area contributed by atoms with E-state index in [9.17, 15) is 20.1 Å². The van der Waals surface area contributed by atoms with Gasteiger partial charge in [-0.3, -0.25) is 4.79 Å². The van der Waals surface area contributed by atoms with Crippen LogP contribution in [0.25, 0.3) is 21.9 Å². The molecule has 0 saturated heterocycles. The maximum Gasteiger partial charge on any atom is 0.170 e. The number of ketones is 1. The highest BCUT2D eigenvalue weighted by Gasteiger charge is 2.31. The average Bonchev–Trinajstić information content (AvgIpc) is 2.69. The number of phenolic OH excluding ortho intramolecular Hbond substituents is 3. The van der Waals surface area contributed by atoms with E-state index >= 15 is 0 Å². The molecule has 0 saturated carbocycles. The molecule has 3 aromatic carbocycles. The summed E-state index contributed by atoms with van der Waals surface area (Å²) in [7, 11) is 0. The second-order valence-electron chi connectivity index (χ2n) is 8.07. The Morgan fingerprint density at radius 2 is 1.63 bits per heavy atom. The smallest absolute Gasteiger partial charge is 0.170 e. The molecule has 0 spiro atoms. The summed E-state index contributed by atoms with van der Waals surface area (Å²) >= 11 is 0. The lowest BCUT2D eigenvalue weighted by Gasteiger charge is -2.28. The summed E-state index contributed by atoms with van der Waals surface area (Å²) in [5, 5.41) is 34.4. The van der Waals surface area contributed by atoms with E-state index in [1.807, 2.05) is 19.1 Å². The highest BCUT2D eigenvalue weighted by atomic mass is 16.3. The summed E-state index contributed by atoms with van der Waals surface area (Å²) in [6.45, 7) is 5.51. The van der Waals surface area contributed by atoms with Gasteiger partial charge in [0, 0.05) is 12.0 Å². The first kappa shape index (κ1) is 20.0. The first-order valence-electron chi connectivity index (χ1n) is 10.4. The normalized spacial score (nSPS) is 13.6. The van der Waals surface area contributed by atoms with Gasteiger partial charge < -0.3 is 15.3 Å². The Bertz CT molecular complexity index is 1220. The van der Waals surface area contributed by atoms with Crippen molar-refractivity contribution in [3.05, 3.63) is 64.2 Å². The molecule has 3 aromatic rings. The first-order chi connectivity index (χ1) is 14.3. The average molecular weight is 402 g/mol. The zero-order valence-corrected chi connectivity index (χ0v) is 17.5. The number of hydrogen-bond acceptors (Lipinski definition) is 4. The molecule has 0 bridgehead atoms. The first-order valence-corrected chi connectivity index (χ1v) is 10.4. The zero-order chi connectivity index (χ0) is 21.6. The van der Waals surface area contributed by atoms with Crippen molar-refractivity contribution in [3.8, 4) is 17.2 Å². The minimum atomic E-state index is -0.338. The third-order valence-corrected chi connectivity index (χ3v) is 6.12. The van der Waals surface area contributed by atoms with E-state index in [0.717, 1.165) is 34.1 Å². The van der Waals surface area contributed by atoms with Crippen LogP contribution >= 0.6 is 0 Å². The van der Waals surface area contributed by atoms with E-state index in [4.69, 9.17) is 0 Å². The van der Waals surface area contributed by atoms with Crippen molar-refractivity contribution in [1.82, 2.24) is 0 Å². The molecule has 30 heavy (non-hydrogen) atoms. The van der Waals surface area contributed by atoms with Gasteiger partial charge in [-0.15, -0.1) is 0 Å². The van der Waals surface area contributed by atoms with Crippen molar-refractivity contribution in [2.24, 2.45) is 0 Å². The van der Waals surface area contributed by atoms with Gasteiger partial charge in [0.05, 0.1) is 5.56 Å². The summed E-state index contributed by atoms with van der Waals surface area (Å²) in [6.07, 6.45) is 2.34. The van der Waals surface area contributed by atoms with E-state index in [2.05, 4.69) is 31.2 Å². The fourth-order valence-electron chi connectivity index (χ4n) is 4.38. The van der Waals surface area contributed by atoms with Gasteiger partial charge in [0.15, 0.2) is 5.78 Å². The predicted molar refractivity (Wildman–Crippen MR) is 120 cm³/mol. The van der Waals surface area contributed by atoms with Crippen LogP contribution in [0.4, 0.5) is 0 Å². The molecule has 1 aliphatic carbocycles. The minimum Gasteiger partial charge on any atom is -0.507 e. The van der Waals surface area contributed by atoms with Crippen LogP contribution in [0.15, 0.2) is 36.4 Å². The van der Waals surface area contributed by atoms with Crippen molar-refractivity contribution in [1.29, 1.82) is 0 Å². The number of carbonyl (C=O) groups is 1. The van der Waals surface area contributed by atoms with E-state index in [-0.39, 0.29) is 46.1 Å². The van der Waals surface area contributed by atoms with Crippen molar-refractivity contribution >= 4 is 27.7 Å². The van der Waals surface area contributed by atoms with Gasteiger partial charge >= 0.3 is 0 Å². The van der Waals surface area contributed by atoms with E-state index in [0.29, 0.717) is 12.8 Å². The molecule has 0 unspecified atom stereocenters. The van der Waals surface area contributed by atoms with Crippen LogP contribution in [0.3, 0.4) is 0 Å². The van der Waals surface area contributed by atoms with Crippen molar-refractivity contribution in [2.75, 3.05) is 0 Å². The number of phenols is 3. The van der Waals surface area contributed by atoms with E-state index < -0.39 is 0 Å². The van der Waals surface area contributed by atoms with Crippen molar-refractivity contribution in [2.45, 2.75) is 46.5 Å². The summed E-state index contributed by atoms with van der Waals surface area (Å²) in [5.74, 6) is -1.14. The third-order valence-electron chi connectivity index (χ3n) is 6.12. The largest absolute Gasteiger partial charge is 0.507 e. The highest BCUT2D eigenvalue weighted by molar-refractivity contribution is 6.07. The summed E-state index contributed by atoms with van der Waals surface area (Å²) in [5.41, 5.74) is 4.50. The minimum absolute atomic E-state index is 0.0874. The molecular formula is C26H26O4. The molecular weight excluding hydrogens is 376 g/mol. The number of benzene rings is 3. The number of allylic oxidation sites excluding steroid dienone is 2. The van der Waals surface area contributed by atoms with Crippen LogP contribution in [0.2, 0.25) is 0 Å². The van der Waals surface area contributed by atoms with Gasteiger partial charge in [-0.05, 0) is 72.2 Å². The molecule has 4 rings (SSSR count). The number of hydrogen-bond donors (Lipinski definition) is 3. The van der Waals surface area contributed by atoms with Crippen LogP contribution in [0.1, 0.15) is 65.2 Å². The molecule has 0 heterocycles. The van der Waals surface area contributed by atoms with Gasteiger partial charge in [-0.2, -0.15) is 0 Å². The predicted octanol–water partition coefficient (Wildman–Crippen LogP) is 6.26. The number of aryl methyl sites for hydroxylation is 1. The fourth-order valence-corrected chi connectivity index (χ4v) is 4.38. The van der Waals surface area contributed by atoms with Crippen LogP contribution in [0.5, 0.6) is 17.2 Å². The molecule has 0 radical (unpaired) electrons. The monoisotopic (exact) mass is 402 g/mol. The second-order valence-corrected chi connectivity index (χ2v) is 8.07. The Hall–Kier alpha value is -3.27. The number of fused-ring (bicyclic) bond motifs is 1. The lowest BCUT2D eigenvalue weighted by molar-refractivity contribution is 0.0976. The Morgan fingerprint density at radius 3 is 2.30 bits per heavy atom. The zero-order valence-electron chi connectivity index (χ0n) is 17.5. The maximum atomic E-state index is 12.6. The molecule has 0 aliphatic heterocycles. The van der Waals surface area contributed by atoms with Crippen molar-refractivity contribution < 1.29 is 20.1 Å². The van der Waals surface area contributed by atoms with Crippen molar-refractivity contribution in [3.63, 3.8) is 0 Å². The fraction of sp³-hybridized carbons (Fsp3) is 0.269. The molecule has 1 aliphatic rings. The van der Waals surface area contributed by atoms with E-state index in [1.165, 1.54) is 5.39 Å². The van der Waals surface area contributed by atoms with E-state index in [1.54, 1.807) is 6.92 Å². The maximum absolute atomic E-state index is 12.6. The topological polar surface area (TPSA) is 77.8 Å². The molecule has 4 heteroatoms. The molecule has 0 amide bonds. The lowest BCUT2D eigenvalue weighted by atomic mass is 9.77. The summed E-state index contributed by atoms with van der Waals surface area (Å²) in [4.78, 5) is 12.6. The van der Waals surface area contributed by atoms with Gasteiger partial charge in [-0.1, -0.05) is 37.3 Å². The van der Waals surface area contributed by atoms with Gasteiger partial charge in [-0.25, -0.2) is 0 Å². The van der Waals surface area contributed by atoms with Gasteiger partial charge in [0.2, 0.25) is 0 Å². The number of Topliss-reactive ketones (excluding diaryl/α,β-unsaturated/α-hetero) is 1. The molecule has 0 aromatic heterocycles. The lowest BCUT2D eigenvalue weighted by Crippen LogP contribution is -2.08. The molecule has 4 nitrogen and oxygen atoms in total. The van der Waals surface area contributed by atoms with Crippen LogP contribution < -0.4 is 0 Å². The van der Waals surface area contributed by atoms with Crippen LogP contribution in [0, 0.1) is 13.8 Å². The Labute approximate surface area is 176 Å². The second kappa shape index (κ2) is 7.52.